The van der Waals surface area contributed by atoms with Crippen molar-refractivity contribution in [2.45, 2.75) is 16.9 Å². The number of carbonyl (C=O) groups excluding carboxylic acids is 1. The smallest absolute Gasteiger partial charge is 0.255 e. The molecule has 0 saturated heterocycles. The number of aryl methyl sites for hydroxylation is 1. The molecule has 0 aliphatic carbocycles. The first kappa shape index (κ1) is 13.3. The van der Waals surface area contributed by atoms with Gasteiger partial charge in [-0.25, -0.2) is 4.98 Å². The van der Waals surface area contributed by atoms with Gasteiger partial charge in [-0.2, -0.15) is 0 Å². The molecule has 1 rings (SSSR count). The van der Waals surface area contributed by atoms with E-state index >= 15 is 0 Å². The number of amides is 1. The number of halogens is 3. The summed E-state index contributed by atoms with van der Waals surface area (Å²) < 4.78 is -0.809. The fourth-order valence-corrected chi connectivity index (χ4v) is 1.60. The van der Waals surface area contributed by atoms with E-state index < -0.39 is 15.5 Å². The van der Waals surface area contributed by atoms with E-state index in [2.05, 4.69) is 10.3 Å². The van der Waals surface area contributed by atoms with Crippen molar-refractivity contribution in [3.63, 3.8) is 0 Å². The maximum absolute atomic E-state index is 11.6. The molecule has 0 radical (unpaired) electrons. The third-order valence-electron chi connectivity index (χ3n) is 1.79. The van der Waals surface area contributed by atoms with Crippen LogP contribution < -0.4 is 10.9 Å². The number of alkyl halides is 3. The van der Waals surface area contributed by atoms with E-state index in [0.717, 1.165) is 4.57 Å². The summed E-state index contributed by atoms with van der Waals surface area (Å²) in [6, 6.07) is 1.27. The highest BCUT2D eigenvalue weighted by atomic mass is 35.6. The lowest BCUT2D eigenvalue weighted by atomic mass is 10.4. The van der Waals surface area contributed by atoms with Crippen LogP contribution in [0.2, 0.25) is 0 Å². The van der Waals surface area contributed by atoms with Crippen LogP contribution in [0.1, 0.15) is 11.9 Å². The molecule has 16 heavy (non-hydrogen) atoms. The molecule has 0 aliphatic rings. The number of aromatic nitrogens is 2. The van der Waals surface area contributed by atoms with E-state index in [-0.39, 0.29) is 0 Å². The molecule has 0 fully saturated rings. The SMILES string of the molecule is Cc1cc(=O)n([C@@H](NC=O)C(Cl)(Cl)Cl)cn1. The molecule has 1 aromatic heterocycles. The molecule has 0 spiro atoms. The largest absolute Gasteiger partial charge is 0.334 e. The Bertz CT molecular complexity index is 441. The van der Waals surface area contributed by atoms with E-state index in [4.69, 9.17) is 34.8 Å². The Balaban J connectivity index is 3.21. The minimum Gasteiger partial charge on any atom is -0.334 e. The zero-order chi connectivity index (χ0) is 12.3. The van der Waals surface area contributed by atoms with Crippen LogP contribution in [0.4, 0.5) is 0 Å². The average molecular weight is 285 g/mol. The summed E-state index contributed by atoms with van der Waals surface area (Å²) in [4.78, 5) is 25.9. The van der Waals surface area contributed by atoms with Crippen LogP contribution in [0, 0.1) is 6.92 Å². The molecule has 0 saturated carbocycles. The average Bonchev–Trinajstić information content (AvgIpc) is 2.13. The summed E-state index contributed by atoms with van der Waals surface area (Å²) in [5, 5.41) is 2.25. The highest BCUT2D eigenvalue weighted by Gasteiger charge is 2.34. The summed E-state index contributed by atoms with van der Waals surface area (Å²) in [5.74, 6) is 0. The summed E-state index contributed by atoms with van der Waals surface area (Å²) in [7, 11) is 0. The fraction of sp³-hybridized carbons (Fsp3) is 0.375. The molecule has 5 nitrogen and oxygen atoms in total. The van der Waals surface area contributed by atoms with E-state index in [9.17, 15) is 9.59 Å². The number of nitrogens with one attached hydrogen (secondary N) is 1. The number of nitrogens with zero attached hydrogens (tertiary/aromatic N) is 2. The van der Waals surface area contributed by atoms with Gasteiger partial charge in [-0.15, -0.1) is 0 Å². The summed E-state index contributed by atoms with van der Waals surface area (Å²) in [6.07, 6.45) is 0.454. The van der Waals surface area contributed by atoms with Crippen molar-refractivity contribution in [2.24, 2.45) is 0 Å². The van der Waals surface area contributed by atoms with E-state index in [1.807, 2.05) is 0 Å². The lowest BCUT2D eigenvalue weighted by molar-refractivity contribution is -0.110. The normalized spacial score (nSPS) is 13.2. The monoisotopic (exact) mass is 283 g/mol. The van der Waals surface area contributed by atoms with Crippen LogP contribution in [0.25, 0.3) is 0 Å². The van der Waals surface area contributed by atoms with Crippen molar-refractivity contribution in [1.82, 2.24) is 14.9 Å². The Kier molecular flexibility index (Phi) is 4.18. The Hall–Kier alpha value is -0.780. The third-order valence-corrected chi connectivity index (χ3v) is 2.41. The number of rotatable bonds is 3. The first-order valence-electron chi connectivity index (χ1n) is 4.17. The molecular weight excluding hydrogens is 276 g/mol. The van der Waals surface area contributed by atoms with Gasteiger partial charge in [0.1, 0.15) is 0 Å². The molecule has 1 atom stereocenters. The standard InChI is InChI=1S/C8H8Cl3N3O2/c1-5-2-6(16)14(3-12-5)7(13-4-15)8(9,10)11/h2-4,7H,1H3,(H,13,15)/t7-/m1/s1. The molecule has 1 aromatic rings. The van der Waals surface area contributed by atoms with Gasteiger partial charge in [0.25, 0.3) is 5.56 Å². The second-order valence-electron chi connectivity index (χ2n) is 3.00. The zero-order valence-electron chi connectivity index (χ0n) is 8.15. The zero-order valence-corrected chi connectivity index (χ0v) is 10.4. The minimum absolute atomic E-state index is 0.346. The van der Waals surface area contributed by atoms with E-state index in [0.29, 0.717) is 12.1 Å². The van der Waals surface area contributed by atoms with Gasteiger partial charge in [0.2, 0.25) is 10.2 Å². The summed E-state index contributed by atoms with van der Waals surface area (Å²) in [6.45, 7) is 1.66. The maximum atomic E-state index is 11.6. The van der Waals surface area contributed by atoms with Gasteiger partial charge < -0.3 is 5.32 Å². The van der Waals surface area contributed by atoms with Gasteiger partial charge in [0.05, 0.1) is 6.33 Å². The van der Waals surface area contributed by atoms with Gasteiger partial charge in [0.15, 0.2) is 6.17 Å². The van der Waals surface area contributed by atoms with Crippen molar-refractivity contribution in [1.29, 1.82) is 0 Å². The van der Waals surface area contributed by atoms with Gasteiger partial charge in [-0.3, -0.25) is 14.2 Å². The van der Waals surface area contributed by atoms with Crippen molar-refractivity contribution >= 4 is 41.2 Å². The Morgan fingerprint density at radius 1 is 1.56 bits per heavy atom. The van der Waals surface area contributed by atoms with Crippen LogP contribution in [0.3, 0.4) is 0 Å². The number of carbonyl (C=O) groups is 1. The molecular formula is C8H8Cl3N3O2. The number of hydrogen-bond donors (Lipinski definition) is 1. The molecule has 0 unspecified atom stereocenters. The summed E-state index contributed by atoms with van der Waals surface area (Å²) >= 11 is 16.9. The number of hydrogen-bond acceptors (Lipinski definition) is 3. The van der Waals surface area contributed by atoms with Crippen LogP contribution in [-0.4, -0.2) is 19.8 Å². The van der Waals surface area contributed by atoms with Crippen LogP contribution in [0.15, 0.2) is 17.2 Å². The van der Waals surface area contributed by atoms with Gasteiger partial charge in [-0.05, 0) is 6.92 Å². The van der Waals surface area contributed by atoms with E-state index in [1.165, 1.54) is 12.4 Å². The lowest BCUT2D eigenvalue weighted by Gasteiger charge is -2.25. The molecule has 0 bridgehead atoms. The van der Waals surface area contributed by atoms with E-state index in [1.54, 1.807) is 6.92 Å². The van der Waals surface area contributed by atoms with Crippen LogP contribution in [0.5, 0.6) is 0 Å². The first-order chi connectivity index (χ1) is 7.36. The minimum atomic E-state index is -1.85. The highest BCUT2D eigenvalue weighted by Crippen LogP contribution is 2.35. The molecule has 0 aromatic carbocycles. The predicted octanol–water partition coefficient (Wildman–Crippen LogP) is 1.17. The Labute approximate surface area is 106 Å². The molecule has 1 N–H and O–H groups in total. The maximum Gasteiger partial charge on any atom is 0.255 e. The first-order valence-corrected chi connectivity index (χ1v) is 5.31. The van der Waals surface area contributed by atoms with Crippen molar-refractivity contribution in [3.8, 4) is 0 Å². The lowest BCUT2D eigenvalue weighted by Crippen LogP contribution is -2.41. The van der Waals surface area contributed by atoms with Crippen LogP contribution >= 0.6 is 34.8 Å². The van der Waals surface area contributed by atoms with Crippen molar-refractivity contribution < 1.29 is 4.79 Å². The molecule has 1 amide bonds. The van der Waals surface area contributed by atoms with Gasteiger partial charge >= 0.3 is 0 Å². The molecule has 88 valence electrons. The second kappa shape index (κ2) is 5.03. The van der Waals surface area contributed by atoms with Crippen molar-refractivity contribution in [2.75, 3.05) is 0 Å². The van der Waals surface area contributed by atoms with Gasteiger partial charge in [-0.1, -0.05) is 34.8 Å². The summed E-state index contributed by atoms with van der Waals surface area (Å²) in [5.41, 5.74) is 0.119. The molecule has 1 heterocycles. The predicted molar refractivity (Wildman–Crippen MR) is 61.8 cm³/mol. The topological polar surface area (TPSA) is 64.0 Å². The molecule has 8 heteroatoms. The fourth-order valence-electron chi connectivity index (χ4n) is 1.09. The quantitative estimate of drug-likeness (QED) is 0.669. The van der Waals surface area contributed by atoms with Gasteiger partial charge in [0, 0.05) is 11.8 Å². The second-order valence-corrected chi connectivity index (χ2v) is 5.37. The van der Waals surface area contributed by atoms with Crippen molar-refractivity contribution in [3.05, 3.63) is 28.4 Å². The Morgan fingerprint density at radius 3 is 2.62 bits per heavy atom. The molecule has 0 aliphatic heterocycles. The third kappa shape index (κ3) is 3.10. The Morgan fingerprint density at radius 2 is 2.19 bits per heavy atom. The van der Waals surface area contributed by atoms with Crippen LogP contribution in [-0.2, 0) is 4.79 Å². The highest BCUT2D eigenvalue weighted by molar-refractivity contribution is 6.67.